The summed E-state index contributed by atoms with van der Waals surface area (Å²) >= 11 is 0. The van der Waals surface area contributed by atoms with Gasteiger partial charge in [-0.25, -0.2) is 0 Å². The van der Waals surface area contributed by atoms with Gasteiger partial charge in [-0.15, -0.1) is 0 Å². The van der Waals surface area contributed by atoms with Crippen LogP contribution in [0.5, 0.6) is 5.75 Å². The van der Waals surface area contributed by atoms with Crippen LogP contribution in [0.3, 0.4) is 0 Å². The highest BCUT2D eigenvalue weighted by molar-refractivity contribution is 6.16. The number of aliphatic imine (C=N–C) groups is 1. The summed E-state index contributed by atoms with van der Waals surface area (Å²) < 4.78 is 5.27. The molecule has 84 valence electrons. The third kappa shape index (κ3) is 1.19. The quantitative estimate of drug-likeness (QED) is 0.717. The van der Waals surface area contributed by atoms with Crippen molar-refractivity contribution >= 4 is 17.3 Å². The zero-order valence-electron chi connectivity index (χ0n) is 9.60. The predicted octanol–water partition coefficient (Wildman–Crippen LogP) is 1.71. The first kappa shape index (κ1) is 9.51. The summed E-state index contributed by atoms with van der Waals surface area (Å²) in [5, 5.41) is 0. The average molecular weight is 217 g/mol. The van der Waals surface area contributed by atoms with E-state index < -0.39 is 0 Å². The van der Waals surface area contributed by atoms with Gasteiger partial charge in [-0.05, 0) is 18.6 Å². The molecule has 2 aliphatic rings. The normalized spacial score (nSPS) is 18.0. The lowest BCUT2D eigenvalue weighted by atomic mass is 10.2. The maximum atomic E-state index is 5.27. The van der Waals surface area contributed by atoms with Gasteiger partial charge in [0.2, 0.25) is 5.96 Å². The summed E-state index contributed by atoms with van der Waals surface area (Å²) in [5.74, 6) is 1.97. The highest BCUT2D eigenvalue weighted by Crippen LogP contribution is 2.39. The van der Waals surface area contributed by atoms with E-state index in [1.165, 1.54) is 11.4 Å². The highest BCUT2D eigenvalue weighted by atomic mass is 16.5. The van der Waals surface area contributed by atoms with E-state index >= 15 is 0 Å². The molecule has 0 amide bonds. The number of hydrogen-bond acceptors (Lipinski definition) is 4. The largest absolute Gasteiger partial charge is 0.497 e. The fourth-order valence-electron chi connectivity index (χ4n) is 2.35. The number of anilines is 2. The van der Waals surface area contributed by atoms with Gasteiger partial charge in [0.05, 0.1) is 18.5 Å². The van der Waals surface area contributed by atoms with Gasteiger partial charge in [0.15, 0.2) is 0 Å². The van der Waals surface area contributed by atoms with Crippen LogP contribution in [0.1, 0.15) is 6.42 Å². The number of benzene rings is 1. The summed E-state index contributed by atoms with van der Waals surface area (Å²) in [4.78, 5) is 8.98. The summed E-state index contributed by atoms with van der Waals surface area (Å²) in [5.41, 5.74) is 2.42. The van der Waals surface area contributed by atoms with Crippen LogP contribution in [0.4, 0.5) is 11.4 Å². The first-order valence-electron chi connectivity index (χ1n) is 5.55. The summed E-state index contributed by atoms with van der Waals surface area (Å²) in [6.07, 6.45) is 1.12. The molecule has 0 radical (unpaired) electrons. The topological polar surface area (TPSA) is 28.1 Å². The van der Waals surface area contributed by atoms with E-state index in [4.69, 9.17) is 4.74 Å². The Labute approximate surface area is 95.1 Å². The molecule has 0 bridgehead atoms. The maximum Gasteiger partial charge on any atom is 0.205 e. The van der Waals surface area contributed by atoms with Gasteiger partial charge in [0.25, 0.3) is 0 Å². The maximum absolute atomic E-state index is 5.27. The van der Waals surface area contributed by atoms with Crippen LogP contribution >= 0.6 is 0 Å². The number of nitrogens with zero attached hydrogens (tertiary/aromatic N) is 3. The Bertz CT molecular complexity index is 456. The van der Waals surface area contributed by atoms with E-state index in [1.807, 2.05) is 6.07 Å². The minimum Gasteiger partial charge on any atom is -0.497 e. The summed E-state index contributed by atoms with van der Waals surface area (Å²) in [6.45, 7) is 1.98. The monoisotopic (exact) mass is 217 g/mol. The molecule has 0 saturated heterocycles. The van der Waals surface area contributed by atoms with Crippen molar-refractivity contribution in [2.75, 3.05) is 37.0 Å². The Morgan fingerprint density at radius 2 is 2.19 bits per heavy atom. The smallest absolute Gasteiger partial charge is 0.205 e. The molecule has 1 aromatic rings. The molecule has 4 nitrogen and oxygen atoms in total. The molecule has 0 aromatic heterocycles. The van der Waals surface area contributed by atoms with Gasteiger partial charge in [-0.1, -0.05) is 0 Å². The highest BCUT2D eigenvalue weighted by Gasteiger charge is 2.31. The Hall–Kier alpha value is -1.71. The molecular weight excluding hydrogens is 202 g/mol. The Morgan fingerprint density at radius 3 is 3.00 bits per heavy atom. The van der Waals surface area contributed by atoms with Crippen LogP contribution in [0.25, 0.3) is 0 Å². The lowest BCUT2D eigenvalue weighted by molar-refractivity contribution is 0.415. The molecule has 0 atom stereocenters. The van der Waals surface area contributed by atoms with Gasteiger partial charge >= 0.3 is 0 Å². The molecule has 0 N–H and O–H groups in total. The van der Waals surface area contributed by atoms with Crippen molar-refractivity contribution in [3.8, 4) is 5.75 Å². The van der Waals surface area contributed by atoms with Crippen LogP contribution in [0.2, 0.25) is 0 Å². The molecular formula is C12H15N3O. The van der Waals surface area contributed by atoms with Gasteiger partial charge in [0, 0.05) is 26.2 Å². The molecule has 0 aliphatic carbocycles. The van der Waals surface area contributed by atoms with E-state index in [0.29, 0.717) is 0 Å². The van der Waals surface area contributed by atoms with Crippen LogP contribution in [0.15, 0.2) is 23.2 Å². The second-order valence-electron chi connectivity index (χ2n) is 4.10. The number of ether oxygens (including phenoxy) is 1. The van der Waals surface area contributed by atoms with Crippen LogP contribution in [-0.4, -0.2) is 33.2 Å². The number of guanidine groups is 1. The zero-order chi connectivity index (χ0) is 11.1. The Balaban J connectivity index is 2.12. The number of rotatable bonds is 1. The van der Waals surface area contributed by atoms with Crippen LogP contribution in [0, 0.1) is 0 Å². The molecule has 2 heterocycles. The molecule has 0 spiro atoms. The predicted molar refractivity (Wildman–Crippen MR) is 65.7 cm³/mol. The van der Waals surface area contributed by atoms with E-state index in [9.17, 15) is 0 Å². The third-order valence-corrected chi connectivity index (χ3v) is 3.17. The lowest BCUT2D eigenvalue weighted by Crippen LogP contribution is -2.39. The zero-order valence-corrected chi connectivity index (χ0v) is 9.60. The van der Waals surface area contributed by atoms with Crippen molar-refractivity contribution in [1.82, 2.24) is 0 Å². The van der Waals surface area contributed by atoms with Gasteiger partial charge in [-0.3, -0.25) is 4.99 Å². The van der Waals surface area contributed by atoms with Gasteiger partial charge < -0.3 is 14.5 Å². The van der Waals surface area contributed by atoms with E-state index in [1.54, 1.807) is 7.11 Å². The summed E-state index contributed by atoms with van der Waals surface area (Å²) in [6, 6.07) is 6.17. The third-order valence-electron chi connectivity index (χ3n) is 3.17. The van der Waals surface area contributed by atoms with Crippen molar-refractivity contribution in [3.05, 3.63) is 18.2 Å². The molecule has 16 heavy (non-hydrogen) atoms. The molecule has 0 unspecified atom stereocenters. The standard InChI is InChI=1S/C12H15N3O/c1-14-10-5-4-9(16-2)8-11(10)15-7-3-6-13-12(14)15/h4-5,8H,3,6-7H2,1-2H3. The van der Waals surface area contributed by atoms with Crippen molar-refractivity contribution in [3.63, 3.8) is 0 Å². The van der Waals surface area contributed by atoms with Crippen molar-refractivity contribution in [1.29, 1.82) is 0 Å². The minimum absolute atomic E-state index is 0.902. The van der Waals surface area contributed by atoms with Crippen LogP contribution < -0.4 is 14.5 Å². The van der Waals surface area contributed by atoms with Crippen molar-refractivity contribution in [2.45, 2.75) is 6.42 Å². The molecule has 4 heteroatoms. The SMILES string of the molecule is COc1ccc2c(c1)N1CCCN=C1N2C. The van der Waals surface area contributed by atoms with E-state index in [0.717, 1.165) is 31.2 Å². The molecule has 1 aromatic carbocycles. The first-order valence-corrected chi connectivity index (χ1v) is 5.55. The molecule has 2 aliphatic heterocycles. The van der Waals surface area contributed by atoms with E-state index in [2.05, 4.69) is 34.0 Å². The van der Waals surface area contributed by atoms with Crippen molar-refractivity contribution in [2.24, 2.45) is 4.99 Å². The summed E-state index contributed by atoms with van der Waals surface area (Å²) in [7, 11) is 3.76. The lowest BCUT2D eigenvalue weighted by Gasteiger charge is -2.24. The number of hydrogen-bond donors (Lipinski definition) is 0. The fourth-order valence-corrected chi connectivity index (χ4v) is 2.35. The fraction of sp³-hybridized carbons (Fsp3) is 0.417. The van der Waals surface area contributed by atoms with Gasteiger partial charge in [-0.2, -0.15) is 0 Å². The molecule has 0 saturated carbocycles. The average Bonchev–Trinajstić information content (AvgIpc) is 2.64. The van der Waals surface area contributed by atoms with Gasteiger partial charge in [0.1, 0.15) is 5.75 Å². The Kier molecular flexibility index (Phi) is 2.02. The van der Waals surface area contributed by atoms with E-state index in [-0.39, 0.29) is 0 Å². The Morgan fingerprint density at radius 1 is 1.31 bits per heavy atom. The first-order chi connectivity index (χ1) is 7.81. The molecule has 0 fully saturated rings. The number of methoxy groups -OCH3 is 1. The second-order valence-corrected chi connectivity index (χ2v) is 4.10. The second kappa shape index (κ2) is 3.40. The van der Waals surface area contributed by atoms with Crippen molar-refractivity contribution < 1.29 is 4.74 Å². The van der Waals surface area contributed by atoms with Crippen LogP contribution in [-0.2, 0) is 0 Å². The minimum atomic E-state index is 0.902. The number of fused-ring (bicyclic) bond motifs is 3. The molecule has 3 rings (SSSR count).